The molecule has 3 nitrogen and oxygen atoms in total. The van der Waals surface area contributed by atoms with Crippen molar-refractivity contribution >= 4 is 22.7 Å². The van der Waals surface area contributed by atoms with Crippen molar-refractivity contribution in [2.75, 3.05) is 12.3 Å². The minimum absolute atomic E-state index is 0.260. The monoisotopic (exact) mass is 354 g/mol. The number of hydrogen-bond donors (Lipinski definition) is 1. The summed E-state index contributed by atoms with van der Waals surface area (Å²) in [7, 11) is 0. The second kappa shape index (κ2) is 8.37. The van der Waals surface area contributed by atoms with Crippen molar-refractivity contribution in [3.8, 4) is 0 Å². The van der Waals surface area contributed by atoms with Gasteiger partial charge in [-0.1, -0.05) is 30.3 Å². The van der Waals surface area contributed by atoms with Crippen molar-refractivity contribution in [2.45, 2.75) is 31.7 Å². The number of thioether (sulfide) groups is 1. The normalized spacial score (nSPS) is 11.1. The van der Waals surface area contributed by atoms with Crippen molar-refractivity contribution in [1.82, 2.24) is 0 Å². The van der Waals surface area contributed by atoms with Gasteiger partial charge in [0, 0.05) is 34.1 Å². The van der Waals surface area contributed by atoms with Gasteiger partial charge >= 0.3 is 5.63 Å². The molecule has 0 aliphatic rings. The van der Waals surface area contributed by atoms with Gasteiger partial charge in [0.1, 0.15) is 12.1 Å². The zero-order valence-electron chi connectivity index (χ0n) is 14.7. The Morgan fingerprint density at radius 2 is 1.88 bits per heavy atom. The number of benzene rings is 2. The van der Waals surface area contributed by atoms with E-state index in [9.17, 15) is 4.79 Å². The molecule has 0 atom stereocenters. The molecule has 4 heteroatoms. The lowest BCUT2D eigenvalue weighted by molar-refractivity contribution is -0.670. The molecule has 0 saturated carbocycles. The maximum atomic E-state index is 11.9. The average Bonchev–Trinajstić information content (AvgIpc) is 2.62. The summed E-state index contributed by atoms with van der Waals surface area (Å²) >= 11 is 1.89. The lowest BCUT2D eigenvalue weighted by Crippen LogP contribution is -2.82. The summed E-state index contributed by atoms with van der Waals surface area (Å²) in [6, 6.07) is 16.3. The van der Waals surface area contributed by atoms with E-state index in [4.69, 9.17) is 4.42 Å². The van der Waals surface area contributed by atoms with E-state index in [1.807, 2.05) is 31.7 Å². The van der Waals surface area contributed by atoms with E-state index < -0.39 is 0 Å². The Bertz CT molecular complexity index is 903. The summed E-state index contributed by atoms with van der Waals surface area (Å²) in [5.41, 5.74) is 3.73. The van der Waals surface area contributed by atoms with E-state index in [2.05, 4.69) is 41.7 Å². The van der Waals surface area contributed by atoms with E-state index in [1.165, 1.54) is 4.90 Å². The lowest BCUT2D eigenvalue weighted by atomic mass is 10.0. The molecule has 0 amide bonds. The summed E-state index contributed by atoms with van der Waals surface area (Å²) < 4.78 is 5.43. The van der Waals surface area contributed by atoms with Crippen LogP contribution in [-0.4, -0.2) is 12.3 Å². The van der Waals surface area contributed by atoms with Crippen molar-refractivity contribution in [3.63, 3.8) is 0 Å². The number of nitrogens with two attached hydrogens (primary N) is 1. The molecule has 0 aliphatic carbocycles. The van der Waals surface area contributed by atoms with Gasteiger partial charge in [0.2, 0.25) is 0 Å². The Morgan fingerprint density at radius 3 is 2.68 bits per heavy atom. The molecule has 2 N–H and O–H groups in total. The predicted octanol–water partition coefficient (Wildman–Crippen LogP) is 3.66. The van der Waals surface area contributed by atoms with Gasteiger partial charge in [-0.15, -0.1) is 11.8 Å². The molecular weight excluding hydrogens is 330 g/mol. The standard InChI is InChI=1S/C21H23NO2S/c1-15-9-10-19-17(13-20(23)24-21(19)16(15)2)14-22-11-6-12-25-18-7-4-3-5-8-18/h3-5,7-10,13,22H,6,11-12,14H2,1-2H3/p+1. The molecule has 1 heterocycles. The van der Waals surface area contributed by atoms with Gasteiger partial charge in [0.25, 0.3) is 0 Å². The molecule has 1 aromatic heterocycles. The van der Waals surface area contributed by atoms with Crippen LogP contribution >= 0.6 is 11.8 Å². The number of aryl methyl sites for hydroxylation is 2. The Hall–Kier alpha value is -2.04. The highest BCUT2D eigenvalue weighted by atomic mass is 32.2. The van der Waals surface area contributed by atoms with Crippen molar-refractivity contribution in [3.05, 3.63) is 75.6 Å². The van der Waals surface area contributed by atoms with Gasteiger partial charge in [-0.2, -0.15) is 0 Å². The molecule has 0 radical (unpaired) electrons. The largest absolute Gasteiger partial charge is 0.422 e. The maximum Gasteiger partial charge on any atom is 0.336 e. The molecule has 0 spiro atoms. The van der Waals surface area contributed by atoms with Gasteiger partial charge in [-0.3, -0.25) is 0 Å². The summed E-state index contributed by atoms with van der Waals surface area (Å²) in [5.74, 6) is 1.11. The van der Waals surface area contributed by atoms with Crippen LogP contribution in [0.15, 0.2) is 62.6 Å². The van der Waals surface area contributed by atoms with Crippen LogP contribution in [0.2, 0.25) is 0 Å². The first-order valence-electron chi connectivity index (χ1n) is 8.67. The van der Waals surface area contributed by atoms with Crippen LogP contribution in [0.25, 0.3) is 11.0 Å². The third-order valence-electron chi connectivity index (χ3n) is 4.45. The minimum Gasteiger partial charge on any atom is -0.422 e. The van der Waals surface area contributed by atoms with Crippen LogP contribution in [0, 0.1) is 13.8 Å². The number of rotatable bonds is 7. The van der Waals surface area contributed by atoms with Crippen LogP contribution in [0.5, 0.6) is 0 Å². The molecule has 0 fully saturated rings. The first-order chi connectivity index (χ1) is 12.1. The maximum absolute atomic E-state index is 11.9. The van der Waals surface area contributed by atoms with E-state index in [0.29, 0.717) is 0 Å². The molecule has 0 aliphatic heterocycles. The third-order valence-corrected chi connectivity index (χ3v) is 5.54. The number of quaternary nitrogens is 1. The van der Waals surface area contributed by atoms with Crippen molar-refractivity contribution in [2.24, 2.45) is 0 Å². The molecule has 3 rings (SSSR count). The highest BCUT2D eigenvalue weighted by Crippen LogP contribution is 2.22. The van der Waals surface area contributed by atoms with Gasteiger partial charge in [-0.25, -0.2) is 4.79 Å². The van der Waals surface area contributed by atoms with Crippen LogP contribution in [0.4, 0.5) is 0 Å². The van der Waals surface area contributed by atoms with Crippen LogP contribution in [0.1, 0.15) is 23.1 Å². The summed E-state index contributed by atoms with van der Waals surface area (Å²) in [6.07, 6.45) is 1.14. The third kappa shape index (κ3) is 4.53. The van der Waals surface area contributed by atoms with E-state index in [-0.39, 0.29) is 5.63 Å². The highest BCUT2D eigenvalue weighted by Gasteiger charge is 2.10. The average molecular weight is 354 g/mol. The molecule has 0 unspecified atom stereocenters. The number of hydrogen-bond acceptors (Lipinski definition) is 3. The fourth-order valence-corrected chi connectivity index (χ4v) is 3.78. The van der Waals surface area contributed by atoms with Gasteiger partial charge in [-0.05, 0) is 37.1 Å². The summed E-state index contributed by atoms with van der Waals surface area (Å²) in [6.45, 7) is 5.90. The minimum atomic E-state index is -0.260. The second-order valence-corrected chi connectivity index (χ2v) is 7.44. The second-order valence-electron chi connectivity index (χ2n) is 6.27. The molecule has 25 heavy (non-hydrogen) atoms. The molecule has 0 bridgehead atoms. The lowest BCUT2D eigenvalue weighted by Gasteiger charge is -2.08. The smallest absolute Gasteiger partial charge is 0.336 e. The van der Waals surface area contributed by atoms with Crippen LogP contribution < -0.4 is 10.9 Å². The molecule has 3 aromatic rings. The number of fused-ring (bicyclic) bond motifs is 1. The predicted molar refractivity (Wildman–Crippen MR) is 104 cm³/mol. The first kappa shape index (κ1) is 17.8. The zero-order chi connectivity index (χ0) is 17.6. The molecule has 130 valence electrons. The highest BCUT2D eigenvalue weighted by molar-refractivity contribution is 7.99. The van der Waals surface area contributed by atoms with Crippen molar-refractivity contribution in [1.29, 1.82) is 0 Å². The SMILES string of the molecule is Cc1ccc2c(C[NH2+]CCCSc3ccccc3)cc(=O)oc2c1C. The summed E-state index contributed by atoms with van der Waals surface area (Å²) in [5, 5.41) is 3.33. The Labute approximate surface area is 152 Å². The topological polar surface area (TPSA) is 46.8 Å². The van der Waals surface area contributed by atoms with Gasteiger partial charge in [0.05, 0.1) is 6.54 Å². The zero-order valence-corrected chi connectivity index (χ0v) is 15.6. The molecule has 2 aromatic carbocycles. The first-order valence-corrected chi connectivity index (χ1v) is 9.66. The molecule has 0 saturated heterocycles. The van der Waals surface area contributed by atoms with Crippen LogP contribution in [-0.2, 0) is 6.54 Å². The Kier molecular flexibility index (Phi) is 5.95. The van der Waals surface area contributed by atoms with E-state index in [1.54, 1.807) is 6.07 Å². The van der Waals surface area contributed by atoms with Crippen molar-refractivity contribution < 1.29 is 9.73 Å². The van der Waals surface area contributed by atoms with Gasteiger partial charge < -0.3 is 9.73 Å². The summed E-state index contributed by atoms with van der Waals surface area (Å²) in [4.78, 5) is 13.2. The van der Waals surface area contributed by atoms with E-state index in [0.717, 1.165) is 52.9 Å². The van der Waals surface area contributed by atoms with Crippen LogP contribution in [0.3, 0.4) is 0 Å². The fraction of sp³-hybridized carbons (Fsp3) is 0.286. The van der Waals surface area contributed by atoms with E-state index >= 15 is 0 Å². The Morgan fingerprint density at radius 1 is 1.08 bits per heavy atom. The molecular formula is C21H24NO2S+. The quantitative estimate of drug-likeness (QED) is 0.400. The Balaban J connectivity index is 1.56. The fourth-order valence-electron chi connectivity index (χ4n) is 2.89. The van der Waals surface area contributed by atoms with Gasteiger partial charge in [0.15, 0.2) is 0 Å².